The summed E-state index contributed by atoms with van der Waals surface area (Å²) in [6.07, 6.45) is 6.55. The molecule has 1 aliphatic rings. The molecule has 3 aromatic rings. The molecular weight excluding hydrogens is 326 g/mol. The Balaban J connectivity index is 1.74. The third-order valence-corrected chi connectivity index (χ3v) is 4.98. The lowest BCUT2D eigenvalue weighted by Crippen LogP contribution is -2.45. The minimum absolute atomic E-state index is 0.162. The van der Waals surface area contributed by atoms with Crippen molar-refractivity contribution >= 4 is 16.8 Å². The summed E-state index contributed by atoms with van der Waals surface area (Å²) in [6.45, 7) is 0. The predicted octanol–water partition coefficient (Wildman–Crippen LogP) is 3.33. The number of pyridine rings is 2. The number of nitrogens with one attached hydrogen (secondary N) is 1. The maximum Gasteiger partial charge on any atom is 0.252 e. The number of hydrogen-bond donors (Lipinski definition) is 2. The van der Waals surface area contributed by atoms with Gasteiger partial charge in [-0.1, -0.05) is 31.0 Å². The number of rotatable bonds is 3. The molecule has 5 nitrogen and oxygen atoms in total. The smallest absolute Gasteiger partial charge is 0.252 e. The Morgan fingerprint density at radius 2 is 1.85 bits per heavy atom. The van der Waals surface area contributed by atoms with Crippen LogP contribution in [0.1, 0.15) is 36.0 Å². The topological polar surface area (TPSA) is 75.1 Å². The first-order valence-corrected chi connectivity index (χ1v) is 9.01. The number of carbonyl (C=O) groups excluding carboxylic acids is 1. The van der Waals surface area contributed by atoms with E-state index in [1.807, 2.05) is 42.5 Å². The largest absolute Gasteiger partial charge is 0.391 e. The third-order valence-electron chi connectivity index (χ3n) is 4.98. The normalized spacial score (nSPS) is 20.0. The van der Waals surface area contributed by atoms with Gasteiger partial charge in [-0.15, -0.1) is 0 Å². The summed E-state index contributed by atoms with van der Waals surface area (Å²) in [4.78, 5) is 21.7. The quantitative estimate of drug-likeness (QED) is 0.762. The molecule has 132 valence electrons. The van der Waals surface area contributed by atoms with Gasteiger partial charge in [0.15, 0.2) is 0 Å². The fourth-order valence-corrected chi connectivity index (χ4v) is 3.56. The SMILES string of the molecule is O=C(NC1CCCCC1O)c1cc(-c2ccncc2)nc2ccccc12. The van der Waals surface area contributed by atoms with Gasteiger partial charge in [-0.2, -0.15) is 0 Å². The molecule has 2 atom stereocenters. The number of amides is 1. The number of aromatic nitrogens is 2. The van der Waals surface area contributed by atoms with E-state index in [4.69, 9.17) is 4.98 Å². The summed E-state index contributed by atoms with van der Waals surface area (Å²) >= 11 is 0. The van der Waals surface area contributed by atoms with Crippen molar-refractivity contribution in [3.05, 3.63) is 60.4 Å². The van der Waals surface area contributed by atoms with E-state index in [1.165, 1.54) is 0 Å². The molecule has 2 heterocycles. The van der Waals surface area contributed by atoms with Crippen LogP contribution in [0.5, 0.6) is 0 Å². The van der Waals surface area contributed by atoms with E-state index < -0.39 is 6.10 Å². The molecule has 1 aromatic carbocycles. The number of carbonyl (C=O) groups is 1. The number of benzene rings is 1. The Morgan fingerprint density at radius 1 is 1.08 bits per heavy atom. The molecule has 4 rings (SSSR count). The van der Waals surface area contributed by atoms with E-state index in [0.717, 1.165) is 47.8 Å². The molecule has 1 fully saturated rings. The third kappa shape index (κ3) is 3.30. The first-order chi connectivity index (χ1) is 12.7. The summed E-state index contributed by atoms with van der Waals surface area (Å²) < 4.78 is 0. The van der Waals surface area contributed by atoms with Crippen molar-refractivity contribution in [2.24, 2.45) is 0 Å². The average molecular weight is 347 g/mol. The lowest BCUT2D eigenvalue weighted by molar-refractivity contribution is 0.0718. The van der Waals surface area contributed by atoms with Gasteiger partial charge >= 0.3 is 0 Å². The molecule has 0 aliphatic heterocycles. The number of aliphatic hydroxyl groups is 1. The predicted molar refractivity (Wildman–Crippen MR) is 101 cm³/mol. The van der Waals surface area contributed by atoms with Crippen LogP contribution in [0.4, 0.5) is 0 Å². The summed E-state index contributed by atoms with van der Waals surface area (Å²) in [5.41, 5.74) is 3.01. The van der Waals surface area contributed by atoms with E-state index in [9.17, 15) is 9.90 Å². The maximum atomic E-state index is 13.0. The van der Waals surface area contributed by atoms with Gasteiger partial charge in [-0.05, 0) is 37.1 Å². The van der Waals surface area contributed by atoms with Gasteiger partial charge in [-0.25, -0.2) is 4.98 Å². The Morgan fingerprint density at radius 3 is 2.65 bits per heavy atom. The van der Waals surface area contributed by atoms with Crippen LogP contribution in [-0.2, 0) is 0 Å². The molecule has 1 aliphatic carbocycles. The van der Waals surface area contributed by atoms with Gasteiger partial charge in [0, 0.05) is 23.3 Å². The van der Waals surface area contributed by atoms with Crippen molar-refractivity contribution in [1.82, 2.24) is 15.3 Å². The fraction of sp³-hybridized carbons (Fsp3) is 0.286. The second-order valence-corrected chi connectivity index (χ2v) is 6.74. The van der Waals surface area contributed by atoms with Crippen LogP contribution in [0.25, 0.3) is 22.2 Å². The zero-order valence-electron chi connectivity index (χ0n) is 14.4. The summed E-state index contributed by atoms with van der Waals surface area (Å²) in [5.74, 6) is -0.162. The van der Waals surface area contributed by atoms with Crippen molar-refractivity contribution < 1.29 is 9.90 Å². The van der Waals surface area contributed by atoms with E-state index in [0.29, 0.717) is 5.56 Å². The van der Waals surface area contributed by atoms with Crippen LogP contribution in [0.15, 0.2) is 54.9 Å². The second-order valence-electron chi connectivity index (χ2n) is 6.74. The van der Waals surface area contributed by atoms with E-state index >= 15 is 0 Å². The standard InChI is InChI=1S/C21H21N3O2/c25-20-8-4-3-7-18(20)24-21(26)16-13-19(14-9-11-22-12-10-14)23-17-6-2-1-5-15(16)17/h1-2,5-6,9-13,18,20,25H,3-4,7-8H2,(H,24,26). The number of aliphatic hydroxyl groups excluding tert-OH is 1. The first-order valence-electron chi connectivity index (χ1n) is 9.01. The minimum atomic E-state index is -0.472. The monoisotopic (exact) mass is 347 g/mol. The number of nitrogens with zero attached hydrogens (tertiary/aromatic N) is 2. The molecular formula is C21H21N3O2. The van der Waals surface area contributed by atoms with E-state index in [-0.39, 0.29) is 11.9 Å². The molecule has 1 saturated carbocycles. The summed E-state index contributed by atoms with van der Waals surface area (Å²) in [5, 5.41) is 14.0. The van der Waals surface area contributed by atoms with E-state index in [1.54, 1.807) is 12.4 Å². The summed E-state index contributed by atoms with van der Waals surface area (Å²) in [7, 11) is 0. The van der Waals surface area contributed by atoms with Gasteiger partial charge in [-0.3, -0.25) is 9.78 Å². The zero-order valence-corrected chi connectivity index (χ0v) is 14.4. The zero-order chi connectivity index (χ0) is 17.9. The fourth-order valence-electron chi connectivity index (χ4n) is 3.56. The molecule has 2 aromatic heterocycles. The first kappa shape index (κ1) is 16.7. The lowest BCUT2D eigenvalue weighted by atomic mass is 9.92. The molecule has 2 N–H and O–H groups in total. The van der Waals surface area contributed by atoms with Crippen LogP contribution < -0.4 is 5.32 Å². The van der Waals surface area contributed by atoms with Crippen molar-refractivity contribution in [1.29, 1.82) is 0 Å². The van der Waals surface area contributed by atoms with Crippen LogP contribution in [0, 0.1) is 0 Å². The second kappa shape index (κ2) is 7.22. The molecule has 0 radical (unpaired) electrons. The molecule has 1 amide bonds. The number of para-hydroxylation sites is 1. The molecule has 2 unspecified atom stereocenters. The van der Waals surface area contributed by atoms with Crippen LogP contribution in [-0.4, -0.2) is 33.1 Å². The highest BCUT2D eigenvalue weighted by Crippen LogP contribution is 2.25. The van der Waals surface area contributed by atoms with Gasteiger partial charge in [0.05, 0.1) is 28.9 Å². The Kier molecular flexibility index (Phi) is 4.63. The molecule has 26 heavy (non-hydrogen) atoms. The molecule has 0 spiro atoms. The summed E-state index contributed by atoms with van der Waals surface area (Å²) in [6, 6.07) is 13.0. The van der Waals surface area contributed by atoms with Gasteiger partial charge < -0.3 is 10.4 Å². The van der Waals surface area contributed by atoms with Gasteiger partial charge in [0.25, 0.3) is 5.91 Å². The van der Waals surface area contributed by atoms with Gasteiger partial charge in [0.2, 0.25) is 0 Å². The van der Waals surface area contributed by atoms with Crippen LogP contribution in [0.3, 0.4) is 0 Å². The van der Waals surface area contributed by atoms with Crippen molar-refractivity contribution in [3.8, 4) is 11.3 Å². The Hall–Kier alpha value is -2.79. The molecule has 5 heteroatoms. The number of fused-ring (bicyclic) bond motifs is 1. The average Bonchev–Trinajstić information content (AvgIpc) is 2.69. The van der Waals surface area contributed by atoms with Crippen molar-refractivity contribution in [2.45, 2.75) is 37.8 Å². The van der Waals surface area contributed by atoms with Crippen LogP contribution in [0.2, 0.25) is 0 Å². The molecule has 0 bridgehead atoms. The highest BCUT2D eigenvalue weighted by Gasteiger charge is 2.25. The highest BCUT2D eigenvalue weighted by molar-refractivity contribution is 6.07. The van der Waals surface area contributed by atoms with Crippen LogP contribution >= 0.6 is 0 Å². The maximum absolute atomic E-state index is 13.0. The highest BCUT2D eigenvalue weighted by atomic mass is 16.3. The minimum Gasteiger partial charge on any atom is -0.391 e. The van der Waals surface area contributed by atoms with E-state index in [2.05, 4.69) is 10.3 Å². The van der Waals surface area contributed by atoms with Gasteiger partial charge in [0.1, 0.15) is 0 Å². The lowest BCUT2D eigenvalue weighted by Gasteiger charge is -2.28. The Labute approximate surface area is 152 Å². The molecule has 0 saturated heterocycles. The van der Waals surface area contributed by atoms with Crippen molar-refractivity contribution in [2.75, 3.05) is 0 Å². The van der Waals surface area contributed by atoms with Crippen molar-refractivity contribution in [3.63, 3.8) is 0 Å². The number of hydrogen-bond acceptors (Lipinski definition) is 4. The Bertz CT molecular complexity index is 927.